The highest BCUT2D eigenvalue weighted by Gasteiger charge is 2.35. The van der Waals surface area contributed by atoms with Gasteiger partial charge in [-0.15, -0.1) is 0 Å². The maximum absolute atomic E-state index is 12.8. The standard InChI is InChI=1S/C16H22Cl2N2O3S/c17-12-5-6-13(18)16(11-12)24(22,23)20-9-7-19(8-10-20)14-3-1-2-4-15(14)21/h5-6,11,14-15,21H,1-4,7-10H2/t14-,15-/m0/s1. The molecule has 1 aliphatic heterocycles. The molecule has 1 aliphatic carbocycles. The second-order valence-electron chi connectivity index (χ2n) is 6.43. The molecule has 5 nitrogen and oxygen atoms in total. The first-order chi connectivity index (χ1) is 11.4. The number of benzene rings is 1. The molecule has 0 amide bonds. The van der Waals surface area contributed by atoms with Crippen LogP contribution in [0.3, 0.4) is 0 Å². The van der Waals surface area contributed by atoms with Gasteiger partial charge in [0.2, 0.25) is 10.0 Å². The van der Waals surface area contributed by atoms with Crippen LogP contribution in [-0.2, 0) is 10.0 Å². The van der Waals surface area contributed by atoms with Crippen LogP contribution in [0.4, 0.5) is 0 Å². The Morgan fingerprint density at radius 3 is 2.38 bits per heavy atom. The van der Waals surface area contributed by atoms with Crippen LogP contribution in [0.5, 0.6) is 0 Å². The van der Waals surface area contributed by atoms with E-state index in [0.717, 1.165) is 25.7 Å². The van der Waals surface area contributed by atoms with Gasteiger partial charge < -0.3 is 5.11 Å². The van der Waals surface area contributed by atoms with Gasteiger partial charge in [0.15, 0.2) is 0 Å². The first-order valence-electron chi connectivity index (χ1n) is 8.27. The molecule has 2 aliphatic rings. The molecule has 2 atom stereocenters. The zero-order chi connectivity index (χ0) is 17.3. The van der Waals surface area contributed by atoms with Gasteiger partial charge in [-0.1, -0.05) is 36.0 Å². The molecule has 1 aromatic rings. The fourth-order valence-corrected chi connectivity index (χ4v) is 5.77. The third-order valence-electron chi connectivity index (χ3n) is 4.95. The molecular formula is C16H22Cl2N2O3S. The van der Waals surface area contributed by atoms with Crippen LogP contribution < -0.4 is 0 Å². The minimum Gasteiger partial charge on any atom is -0.391 e. The lowest BCUT2D eigenvalue weighted by Crippen LogP contribution is -2.55. The Morgan fingerprint density at radius 1 is 1.04 bits per heavy atom. The predicted molar refractivity (Wildman–Crippen MR) is 95.1 cm³/mol. The first-order valence-corrected chi connectivity index (χ1v) is 10.5. The average Bonchev–Trinajstić information content (AvgIpc) is 2.57. The van der Waals surface area contributed by atoms with E-state index in [4.69, 9.17) is 23.2 Å². The van der Waals surface area contributed by atoms with Gasteiger partial charge in [-0.05, 0) is 31.0 Å². The number of aliphatic hydroxyl groups excluding tert-OH is 1. The van der Waals surface area contributed by atoms with Gasteiger partial charge in [-0.2, -0.15) is 4.31 Å². The van der Waals surface area contributed by atoms with Crippen LogP contribution >= 0.6 is 23.2 Å². The molecule has 0 unspecified atom stereocenters. The summed E-state index contributed by atoms with van der Waals surface area (Å²) < 4.78 is 27.1. The van der Waals surface area contributed by atoms with Crippen molar-refractivity contribution in [2.24, 2.45) is 0 Å². The molecule has 0 radical (unpaired) electrons. The van der Waals surface area contributed by atoms with Gasteiger partial charge in [0.05, 0.1) is 11.1 Å². The van der Waals surface area contributed by atoms with E-state index in [-0.39, 0.29) is 22.1 Å². The quantitative estimate of drug-likeness (QED) is 0.858. The smallest absolute Gasteiger partial charge is 0.244 e. The van der Waals surface area contributed by atoms with Crippen molar-refractivity contribution in [1.29, 1.82) is 0 Å². The average molecular weight is 393 g/mol. The SMILES string of the molecule is O=S(=O)(c1cc(Cl)ccc1Cl)N1CCN([C@H]2CCCC[C@@H]2O)CC1. The Bertz CT molecular complexity index is 691. The van der Waals surface area contributed by atoms with Gasteiger partial charge >= 0.3 is 0 Å². The summed E-state index contributed by atoms with van der Waals surface area (Å²) in [4.78, 5) is 2.28. The molecule has 2 fully saturated rings. The van der Waals surface area contributed by atoms with Crippen molar-refractivity contribution in [3.8, 4) is 0 Å². The number of halogens is 2. The molecule has 3 rings (SSSR count). The maximum atomic E-state index is 12.8. The van der Waals surface area contributed by atoms with Crippen molar-refractivity contribution in [3.05, 3.63) is 28.2 Å². The van der Waals surface area contributed by atoms with E-state index in [0.29, 0.717) is 31.2 Å². The van der Waals surface area contributed by atoms with E-state index < -0.39 is 10.0 Å². The Balaban J connectivity index is 1.70. The molecular weight excluding hydrogens is 371 g/mol. The Hall–Kier alpha value is -0.370. The fourth-order valence-electron chi connectivity index (χ4n) is 3.61. The second-order valence-corrected chi connectivity index (χ2v) is 9.18. The number of piperazine rings is 1. The summed E-state index contributed by atoms with van der Waals surface area (Å²) in [6, 6.07) is 4.63. The number of rotatable bonds is 3. The van der Waals surface area contributed by atoms with Crippen LogP contribution in [-0.4, -0.2) is 61.1 Å². The molecule has 0 aromatic heterocycles. The van der Waals surface area contributed by atoms with E-state index >= 15 is 0 Å². The summed E-state index contributed by atoms with van der Waals surface area (Å²) in [5, 5.41) is 10.7. The number of aliphatic hydroxyl groups is 1. The lowest BCUT2D eigenvalue weighted by molar-refractivity contribution is 0.00640. The fraction of sp³-hybridized carbons (Fsp3) is 0.625. The van der Waals surface area contributed by atoms with Crippen molar-refractivity contribution < 1.29 is 13.5 Å². The molecule has 0 spiro atoms. The van der Waals surface area contributed by atoms with Crippen LogP contribution in [0, 0.1) is 0 Å². The van der Waals surface area contributed by atoms with Crippen LogP contribution in [0.15, 0.2) is 23.1 Å². The molecule has 1 saturated carbocycles. The van der Waals surface area contributed by atoms with Gasteiger partial charge in [0.25, 0.3) is 0 Å². The summed E-state index contributed by atoms with van der Waals surface area (Å²) in [5.74, 6) is 0. The van der Waals surface area contributed by atoms with Crippen LogP contribution in [0.2, 0.25) is 10.0 Å². The highest BCUT2D eigenvalue weighted by atomic mass is 35.5. The highest BCUT2D eigenvalue weighted by molar-refractivity contribution is 7.89. The zero-order valence-electron chi connectivity index (χ0n) is 13.4. The van der Waals surface area contributed by atoms with E-state index in [2.05, 4.69) is 4.90 Å². The summed E-state index contributed by atoms with van der Waals surface area (Å²) in [6.07, 6.45) is 3.71. The van der Waals surface area contributed by atoms with Crippen molar-refractivity contribution in [2.45, 2.75) is 42.7 Å². The van der Waals surface area contributed by atoms with E-state index in [1.807, 2.05) is 0 Å². The van der Waals surface area contributed by atoms with Crippen molar-refractivity contribution >= 4 is 33.2 Å². The van der Waals surface area contributed by atoms with Crippen molar-refractivity contribution in [2.75, 3.05) is 26.2 Å². The van der Waals surface area contributed by atoms with Gasteiger partial charge in [0, 0.05) is 37.2 Å². The molecule has 134 valence electrons. The number of nitrogens with zero attached hydrogens (tertiary/aromatic N) is 2. The third-order valence-corrected chi connectivity index (χ3v) is 7.56. The summed E-state index contributed by atoms with van der Waals surface area (Å²) in [7, 11) is -3.66. The Morgan fingerprint density at radius 2 is 1.71 bits per heavy atom. The Kier molecular flexibility index (Phi) is 5.74. The van der Waals surface area contributed by atoms with E-state index in [1.165, 1.54) is 16.4 Å². The summed E-state index contributed by atoms with van der Waals surface area (Å²) in [5.41, 5.74) is 0. The van der Waals surface area contributed by atoms with Gasteiger partial charge in [0.1, 0.15) is 4.90 Å². The number of hydrogen-bond acceptors (Lipinski definition) is 4. The number of sulfonamides is 1. The Labute approximate surface area is 153 Å². The van der Waals surface area contributed by atoms with Crippen LogP contribution in [0.25, 0.3) is 0 Å². The lowest BCUT2D eigenvalue weighted by atomic mass is 9.91. The van der Waals surface area contributed by atoms with Gasteiger partial charge in [-0.3, -0.25) is 4.90 Å². The number of hydrogen-bond donors (Lipinski definition) is 1. The molecule has 1 saturated heterocycles. The largest absolute Gasteiger partial charge is 0.391 e. The molecule has 1 aromatic carbocycles. The normalized spacial score (nSPS) is 27.3. The summed E-state index contributed by atoms with van der Waals surface area (Å²) >= 11 is 12.0. The molecule has 0 bridgehead atoms. The minimum atomic E-state index is -3.66. The highest BCUT2D eigenvalue weighted by Crippen LogP contribution is 2.29. The molecule has 8 heteroatoms. The first kappa shape index (κ1) is 18.4. The maximum Gasteiger partial charge on any atom is 0.244 e. The molecule has 24 heavy (non-hydrogen) atoms. The van der Waals surface area contributed by atoms with Crippen molar-refractivity contribution in [3.63, 3.8) is 0 Å². The minimum absolute atomic E-state index is 0.0582. The van der Waals surface area contributed by atoms with Crippen molar-refractivity contribution in [1.82, 2.24) is 9.21 Å². The molecule has 1 N–H and O–H groups in total. The van der Waals surface area contributed by atoms with E-state index in [1.54, 1.807) is 6.07 Å². The zero-order valence-corrected chi connectivity index (χ0v) is 15.7. The lowest BCUT2D eigenvalue weighted by Gasteiger charge is -2.42. The second kappa shape index (κ2) is 7.48. The topological polar surface area (TPSA) is 60.9 Å². The predicted octanol–water partition coefficient (Wildman–Crippen LogP) is 2.60. The summed E-state index contributed by atoms with van der Waals surface area (Å²) in [6.45, 7) is 2.04. The monoisotopic (exact) mass is 392 g/mol. The third kappa shape index (κ3) is 3.74. The molecule has 1 heterocycles. The van der Waals surface area contributed by atoms with Gasteiger partial charge in [-0.25, -0.2) is 8.42 Å². The van der Waals surface area contributed by atoms with E-state index in [9.17, 15) is 13.5 Å². The van der Waals surface area contributed by atoms with Crippen LogP contribution in [0.1, 0.15) is 25.7 Å².